The molecule has 0 spiro atoms. The Kier molecular flexibility index (Phi) is 3.61. The van der Waals surface area contributed by atoms with E-state index in [1.165, 1.54) is 0 Å². The SMILES string of the molecule is Cn1c(C(=O)Nc2ccc3c(c2)OCCO3)cc2c(=O)oc3ccccc3c21. The fraction of sp³-hybridized carbons (Fsp3) is 0.143. The summed E-state index contributed by atoms with van der Waals surface area (Å²) >= 11 is 0. The van der Waals surface area contributed by atoms with E-state index in [2.05, 4.69) is 5.32 Å². The molecule has 0 aliphatic carbocycles. The molecule has 0 saturated heterocycles. The van der Waals surface area contributed by atoms with Gasteiger partial charge in [0.1, 0.15) is 24.5 Å². The van der Waals surface area contributed by atoms with Crippen LogP contribution in [-0.2, 0) is 7.05 Å². The first-order valence-electron chi connectivity index (χ1n) is 8.84. The minimum Gasteiger partial charge on any atom is -0.486 e. The topological polar surface area (TPSA) is 82.7 Å². The molecule has 0 saturated carbocycles. The maximum atomic E-state index is 12.9. The normalized spacial score (nSPS) is 13.0. The van der Waals surface area contributed by atoms with Crippen molar-refractivity contribution in [1.82, 2.24) is 4.57 Å². The van der Waals surface area contributed by atoms with E-state index in [4.69, 9.17) is 13.9 Å². The molecule has 1 aliphatic heterocycles. The first kappa shape index (κ1) is 16.4. The molecule has 3 heterocycles. The second-order valence-corrected chi connectivity index (χ2v) is 6.55. The lowest BCUT2D eigenvalue weighted by Gasteiger charge is -2.19. The van der Waals surface area contributed by atoms with Crippen molar-refractivity contribution in [3.8, 4) is 11.5 Å². The predicted molar refractivity (Wildman–Crippen MR) is 104 cm³/mol. The van der Waals surface area contributed by atoms with Crippen LogP contribution in [0.15, 0.2) is 57.7 Å². The first-order valence-corrected chi connectivity index (χ1v) is 8.84. The summed E-state index contributed by atoms with van der Waals surface area (Å²) in [7, 11) is 1.76. The van der Waals surface area contributed by atoms with Crippen molar-refractivity contribution >= 4 is 33.5 Å². The molecule has 4 aromatic rings. The summed E-state index contributed by atoms with van der Waals surface area (Å²) in [6.07, 6.45) is 0. The largest absolute Gasteiger partial charge is 0.486 e. The number of aryl methyl sites for hydroxylation is 1. The maximum absolute atomic E-state index is 12.9. The van der Waals surface area contributed by atoms with Crippen LogP contribution in [0, 0.1) is 0 Å². The van der Waals surface area contributed by atoms with E-state index in [1.807, 2.05) is 12.1 Å². The maximum Gasteiger partial charge on any atom is 0.345 e. The Bertz CT molecular complexity index is 1300. The van der Waals surface area contributed by atoms with Gasteiger partial charge in [-0.15, -0.1) is 0 Å². The highest BCUT2D eigenvalue weighted by Crippen LogP contribution is 2.33. The number of para-hydroxylation sites is 1. The Morgan fingerprint density at radius 2 is 1.79 bits per heavy atom. The van der Waals surface area contributed by atoms with E-state index in [0.29, 0.717) is 52.6 Å². The lowest BCUT2D eigenvalue weighted by atomic mass is 10.2. The lowest BCUT2D eigenvalue weighted by Crippen LogP contribution is -2.17. The van der Waals surface area contributed by atoms with Crippen LogP contribution in [0.1, 0.15) is 10.5 Å². The smallest absolute Gasteiger partial charge is 0.345 e. The van der Waals surface area contributed by atoms with Gasteiger partial charge in [-0.05, 0) is 30.3 Å². The van der Waals surface area contributed by atoms with E-state index in [1.54, 1.807) is 48.0 Å². The number of carbonyl (C=O) groups excluding carboxylic acids is 1. The van der Waals surface area contributed by atoms with Gasteiger partial charge in [-0.3, -0.25) is 4.79 Å². The highest BCUT2D eigenvalue weighted by molar-refractivity contribution is 6.10. The zero-order valence-electron chi connectivity index (χ0n) is 15.0. The molecule has 1 N–H and O–H groups in total. The van der Waals surface area contributed by atoms with Gasteiger partial charge in [0.05, 0.1) is 10.9 Å². The lowest BCUT2D eigenvalue weighted by molar-refractivity contribution is 0.101. The van der Waals surface area contributed by atoms with Crippen molar-refractivity contribution in [2.75, 3.05) is 18.5 Å². The Labute approximate surface area is 159 Å². The van der Waals surface area contributed by atoms with Gasteiger partial charge < -0.3 is 23.8 Å². The van der Waals surface area contributed by atoms with E-state index >= 15 is 0 Å². The van der Waals surface area contributed by atoms with Crippen LogP contribution in [0.5, 0.6) is 11.5 Å². The molecule has 28 heavy (non-hydrogen) atoms. The van der Waals surface area contributed by atoms with E-state index in [0.717, 1.165) is 5.39 Å². The Morgan fingerprint density at radius 3 is 2.64 bits per heavy atom. The van der Waals surface area contributed by atoms with Gasteiger partial charge in [0.15, 0.2) is 11.5 Å². The second-order valence-electron chi connectivity index (χ2n) is 6.55. The average Bonchev–Trinajstić information content (AvgIpc) is 3.06. The number of amides is 1. The third kappa shape index (κ3) is 2.51. The Morgan fingerprint density at radius 1 is 1.00 bits per heavy atom. The second kappa shape index (κ2) is 6.16. The van der Waals surface area contributed by atoms with Gasteiger partial charge in [-0.2, -0.15) is 0 Å². The predicted octanol–water partition coefficient (Wildman–Crippen LogP) is 3.31. The molecule has 0 unspecified atom stereocenters. The number of hydrogen-bond donors (Lipinski definition) is 1. The Balaban J connectivity index is 1.57. The standard InChI is InChI=1S/C21H16N2O5/c1-23-15(11-14-19(23)13-4-2-3-5-16(13)28-21(14)25)20(24)22-12-6-7-17-18(10-12)27-9-8-26-17/h2-7,10-11H,8-9H2,1H3,(H,22,24). The molecule has 0 fully saturated rings. The van der Waals surface area contributed by atoms with Crippen LogP contribution in [-0.4, -0.2) is 23.7 Å². The zero-order valence-corrected chi connectivity index (χ0v) is 15.0. The molecule has 7 nitrogen and oxygen atoms in total. The number of ether oxygens (including phenoxy) is 2. The molecule has 1 aliphatic rings. The minimum absolute atomic E-state index is 0.334. The number of carbonyl (C=O) groups is 1. The van der Waals surface area contributed by atoms with Gasteiger partial charge in [0, 0.05) is 24.2 Å². The number of fused-ring (bicyclic) bond motifs is 4. The van der Waals surface area contributed by atoms with Crippen LogP contribution in [0.2, 0.25) is 0 Å². The van der Waals surface area contributed by atoms with Crippen LogP contribution in [0.3, 0.4) is 0 Å². The molecule has 2 aromatic carbocycles. The molecular weight excluding hydrogens is 360 g/mol. The molecular formula is C21H16N2O5. The van der Waals surface area contributed by atoms with Gasteiger partial charge in [-0.25, -0.2) is 4.79 Å². The Hall–Kier alpha value is -3.74. The van der Waals surface area contributed by atoms with Gasteiger partial charge in [0.25, 0.3) is 5.91 Å². The van der Waals surface area contributed by atoms with Crippen LogP contribution in [0.25, 0.3) is 21.9 Å². The summed E-state index contributed by atoms with van der Waals surface area (Å²) in [4.78, 5) is 25.2. The number of benzene rings is 2. The van der Waals surface area contributed by atoms with E-state index < -0.39 is 5.63 Å². The number of nitrogens with zero attached hydrogens (tertiary/aromatic N) is 1. The monoisotopic (exact) mass is 376 g/mol. The molecule has 7 heteroatoms. The first-order chi connectivity index (χ1) is 13.6. The van der Waals surface area contributed by atoms with Crippen molar-refractivity contribution in [3.63, 3.8) is 0 Å². The van der Waals surface area contributed by atoms with E-state index in [-0.39, 0.29) is 5.91 Å². The fourth-order valence-electron chi connectivity index (χ4n) is 3.52. The summed E-state index contributed by atoms with van der Waals surface area (Å²) in [5.74, 6) is 0.907. The highest BCUT2D eigenvalue weighted by atomic mass is 16.6. The number of nitrogens with one attached hydrogen (secondary N) is 1. The average molecular weight is 376 g/mol. The van der Waals surface area contributed by atoms with Gasteiger partial charge in [0.2, 0.25) is 0 Å². The molecule has 2 aromatic heterocycles. The summed E-state index contributed by atoms with van der Waals surface area (Å²) in [6, 6.07) is 14.0. The number of aromatic nitrogens is 1. The quantitative estimate of drug-likeness (QED) is 0.543. The van der Waals surface area contributed by atoms with Crippen molar-refractivity contribution in [2.24, 2.45) is 7.05 Å². The molecule has 0 bridgehead atoms. The zero-order chi connectivity index (χ0) is 19.3. The molecule has 140 valence electrons. The van der Waals surface area contributed by atoms with Crippen molar-refractivity contribution < 1.29 is 18.7 Å². The van der Waals surface area contributed by atoms with Crippen LogP contribution >= 0.6 is 0 Å². The molecule has 5 rings (SSSR count). The summed E-state index contributed by atoms with van der Waals surface area (Å²) in [6.45, 7) is 0.974. The molecule has 0 radical (unpaired) electrons. The van der Waals surface area contributed by atoms with E-state index in [9.17, 15) is 9.59 Å². The van der Waals surface area contributed by atoms with Crippen molar-refractivity contribution in [2.45, 2.75) is 0 Å². The number of rotatable bonds is 2. The summed E-state index contributed by atoms with van der Waals surface area (Å²) in [5.41, 5.74) is 1.62. The van der Waals surface area contributed by atoms with Crippen molar-refractivity contribution in [3.05, 3.63) is 64.6 Å². The fourth-order valence-corrected chi connectivity index (χ4v) is 3.52. The third-order valence-electron chi connectivity index (χ3n) is 4.83. The summed E-state index contributed by atoms with van der Waals surface area (Å²) in [5, 5.41) is 3.99. The summed E-state index contributed by atoms with van der Waals surface area (Å²) < 4.78 is 18.1. The van der Waals surface area contributed by atoms with Gasteiger partial charge >= 0.3 is 5.63 Å². The van der Waals surface area contributed by atoms with Crippen molar-refractivity contribution in [1.29, 1.82) is 0 Å². The minimum atomic E-state index is -0.470. The number of hydrogen-bond acceptors (Lipinski definition) is 5. The van der Waals surface area contributed by atoms with Crippen LogP contribution < -0.4 is 20.4 Å². The highest BCUT2D eigenvalue weighted by Gasteiger charge is 2.19. The third-order valence-corrected chi connectivity index (χ3v) is 4.83. The molecule has 0 atom stereocenters. The molecule has 1 amide bonds. The number of anilines is 1. The van der Waals surface area contributed by atoms with Crippen LogP contribution in [0.4, 0.5) is 5.69 Å². The van der Waals surface area contributed by atoms with Gasteiger partial charge in [-0.1, -0.05) is 12.1 Å².